The number of hydrogen-bond donors (Lipinski definition) is 1. The molecule has 1 unspecified atom stereocenters. The molecule has 1 N–H and O–H groups in total. The van der Waals surface area contributed by atoms with Crippen molar-refractivity contribution >= 4 is 0 Å². The maximum absolute atomic E-state index is 11.9. The molecule has 0 spiro atoms. The van der Waals surface area contributed by atoms with Gasteiger partial charge in [0, 0.05) is 0 Å². The molecule has 2 aliphatic rings. The van der Waals surface area contributed by atoms with Gasteiger partial charge in [-0.1, -0.05) is 57.9 Å². The molecule has 140 valence electrons. The second-order valence-electron chi connectivity index (χ2n) is 8.60. The largest absolute Gasteiger partial charge is 0.384 e. The van der Waals surface area contributed by atoms with Gasteiger partial charge in [0.15, 0.2) is 0 Å². The molecule has 1 aromatic carbocycles. The van der Waals surface area contributed by atoms with Crippen LogP contribution in [-0.4, -0.2) is 28.0 Å². The smallest absolute Gasteiger partial charge is 0.123 e. The molecule has 2 saturated heterocycles. The Bertz CT molecular complexity index is 613. The van der Waals surface area contributed by atoms with Crippen molar-refractivity contribution < 1.29 is 14.6 Å². The van der Waals surface area contributed by atoms with Crippen LogP contribution in [0.4, 0.5) is 0 Å². The SMILES string of the molecule is CCCCC1(O)[C@@H](OCc2ccccc2C)[C@]2(C)CC[C@@]1(C(C)C)O2. The summed E-state index contributed by atoms with van der Waals surface area (Å²) in [5.41, 5.74) is 0.632. The van der Waals surface area contributed by atoms with Crippen LogP contribution in [0.15, 0.2) is 24.3 Å². The molecule has 0 amide bonds. The van der Waals surface area contributed by atoms with Gasteiger partial charge in [0.05, 0.1) is 12.2 Å². The van der Waals surface area contributed by atoms with Crippen molar-refractivity contribution in [3.05, 3.63) is 35.4 Å². The van der Waals surface area contributed by atoms with Crippen LogP contribution in [0.5, 0.6) is 0 Å². The lowest BCUT2D eigenvalue weighted by molar-refractivity contribution is -0.175. The average Bonchev–Trinajstić information content (AvgIpc) is 3.02. The lowest BCUT2D eigenvalue weighted by Crippen LogP contribution is -2.62. The predicted molar refractivity (Wildman–Crippen MR) is 101 cm³/mol. The topological polar surface area (TPSA) is 38.7 Å². The summed E-state index contributed by atoms with van der Waals surface area (Å²) < 4.78 is 13.0. The summed E-state index contributed by atoms with van der Waals surface area (Å²) in [5.74, 6) is 0.267. The normalized spacial score (nSPS) is 37.2. The van der Waals surface area contributed by atoms with E-state index in [0.29, 0.717) is 6.61 Å². The van der Waals surface area contributed by atoms with Gasteiger partial charge in [-0.05, 0) is 50.2 Å². The first-order valence-corrected chi connectivity index (χ1v) is 9.88. The van der Waals surface area contributed by atoms with Gasteiger partial charge >= 0.3 is 0 Å². The highest BCUT2D eigenvalue weighted by atomic mass is 16.6. The van der Waals surface area contributed by atoms with E-state index in [0.717, 1.165) is 32.1 Å². The predicted octanol–water partition coefficient (Wildman–Crippen LogP) is 4.78. The molecule has 4 atom stereocenters. The van der Waals surface area contributed by atoms with E-state index in [1.165, 1.54) is 11.1 Å². The van der Waals surface area contributed by atoms with E-state index in [2.05, 4.69) is 46.8 Å². The van der Waals surface area contributed by atoms with Crippen LogP contribution < -0.4 is 0 Å². The zero-order valence-electron chi connectivity index (χ0n) is 16.5. The van der Waals surface area contributed by atoms with Gasteiger partial charge in [-0.25, -0.2) is 0 Å². The maximum Gasteiger partial charge on any atom is 0.123 e. The third-order valence-electron chi connectivity index (χ3n) is 6.64. The Morgan fingerprint density at radius 3 is 2.64 bits per heavy atom. The first-order valence-electron chi connectivity index (χ1n) is 9.88. The number of ether oxygens (including phenoxy) is 2. The first-order chi connectivity index (χ1) is 11.8. The molecule has 2 aliphatic heterocycles. The fourth-order valence-electron chi connectivity index (χ4n) is 5.12. The Balaban J connectivity index is 1.89. The minimum Gasteiger partial charge on any atom is -0.384 e. The van der Waals surface area contributed by atoms with Gasteiger partial charge in [-0.15, -0.1) is 0 Å². The number of fused-ring (bicyclic) bond motifs is 2. The molecule has 2 heterocycles. The highest BCUT2D eigenvalue weighted by Crippen LogP contribution is 2.61. The molecule has 2 bridgehead atoms. The Hall–Kier alpha value is -0.900. The Morgan fingerprint density at radius 2 is 2.00 bits per heavy atom. The molecule has 25 heavy (non-hydrogen) atoms. The minimum absolute atomic E-state index is 0.267. The first kappa shape index (κ1) is 18.9. The average molecular weight is 347 g/mol. The lowest BCUT2D eigenvalue weighted by Gasteiger charge is -2.47. The van der Waals surface area contributed by atoms with Crippen LogP contribution in [-0.2, 0) is 16.1 Å². The zero-order valence-corrected chi connectivity index (χ0v) is 16.5. The fourth-order valence-corrected chi connectivity index (χ4v) is 5.12. The summed E-state index contributed by atoms with van der Waals surface area (Å²) in [6, 6.07) is 8.31. The fraction of sp³-hybridized carbons (Fsp3) is 0.727. The van der Waals surface area contributed by atoms with Gasteiger partial charge in [0.2, 0.25) is 0 Å². The van der Waals surface area contributed by atoms with Crippen molar-refractivity contribution in [3.8, 4) is 0 Å². The van der Waals surface area contributed by atoms with E-state index in [-0.39, 0.29) is 12.0 Å². The number of unbranched alkanes of at least 4 members (excludes halogenated alkanes) is 1. The summed E-state index contributed by atoms with van der Waals surface area (Å²) in [6.07, 6.45) is 4.41. The summed E-state index contributed by atoms with van der Waals surface area (Å²) in [7, 11) is 0. The zero-order chi connectivity index (χ0) is 18.3. The number of aryl methyl sites for hydroxylation is 1. The monoisotopic (exact) mass is 346 g/mol. The summed E-state index contributed by atoms with van der Waals surface area (Å²) >= 11 is 0. The molecule has 3 nitrogen and oxygen atoms in total. The quantitative estimate of drug-likeness (QED) is 0.772. The van der Waals surface area contributed by atoms with Crippen molar-refractivity contribution in [2.75, 3.05) is 0 Å². The van der Waals surface area contributed by atoms with Crippen LogP contribution in [0, 0.1) is 12.8 Å². The Morgan fingerprint density at radius 1 is 1.28 bits per heavy atom. The molecule has 0 radical (unpaired) electrons. The lowest BCUT2D eigenvalue weighted by atomic mass is 9.63. The number of aliphatic hydroxyl groups is 1. The summed E-state index contributed by atoms with van der Waals surface area (Å²) in [4.78, 5) is 0. The standard InChI is InChI=1S/C22H34O3/c1-6-7-12-21(23)19(24-15-18-11-9-8-10-17(18)4)20(5)13-14-22(21,25-20)16(2)3/h8-11,16,19,23H,6-7,12-15H2,1-5H3/t19-,20-,21?,22-/m0/s1. The van der Waals surface area contributed by atoms with Crippen molar-refractivity contribution in [3.63, 3.8) is 0 Å². The van der Waals surface area contributed by atoms with E-state index in [1.54, 1.807) is 0 Å². The van der Waals surface area contributed by atoms with Crippen molar-refractivity contribution in [1.82, 2.24) is 0 Å². The van der Waals surface area contributed by atoms with E-state index in [1.807, 2.05) is 12.1 Å². The van der Waals surface area contributed by atoms with E-state index >= 15 is 0 Å². The molecular weight excluding hydrogens is 312 g/mol. The number of hydrogen-bond acceptors (Lipinski definition) is 3. The van der Waals surface area contributed by atoms with Gasteiger partial charge in [0.1, 0.15) is 17.3 Å². The van der Waals surface area contributed by atoms with Gasteiger partial charge in [0.25, 0.3) is 0 Å². The second kappa shape index (κ2) is 6.68. The molecular formula is C22H34O3. The van der Waals surface area contributed by atoms with Crippen LogP contribution in [0.3, 0.4) is 0 Å². The molecule has 0 aromatic heterocycles. The molecule has 1 aromatic rings. The van der Waals surface area contributed by atoms with Crippen LogP contribution in [0.2, 0.25) is 0 Å². The highest BCUT2D eigenvalue weighted by Gasteiger charge is 2.74. The number of rotatable bonds is 7. The van der Waals surface area contributed by atoms with E-state index < -0.39 is 16.8 Å². The Kier molecular flexibility index (Phi) is 5.04. The molecule has 3 rings (SSSR count). The molecule has 3 heteroatoms. The third kappa shape index (κ3) is 2.85. The summed E-state index contributed by atoms with van der Waals surface area (Å²) in [5, 5.41) is 11.9. The summed E-state index contributed by atoms with van der Waals surface area (Å²) in [6.45, 7) is 11.3. The van der Waals surface area contributed by atoms with Gasteiger partial charge < -0.3 is 14.6 Å². The third-order valence-corrected chi connectivity index (χ3v) is 6.64. The van der Waals surface area contributed by atoms with Crippen molar-refractivity contribution in [1.29, 1.82) is 0 Å². The maximum atomic E-state index is 11.9. The molecule has 2 fully saturated rings. The van der Waals surface area contributed by atoms with Crippen LogP contribution in [0.25, 0.3) is 0 Å². The van der Waals surface area contributed by atoms with Crippen LogP contribution in [0.1, 0.15) is 70.9 Å². The van der Waals surface area contributed by atoms with Crippen molar-refractivity contribution in [2.24, 2.45) is 5.92 Å². The van der Waals surface area contributed by atoms with Crippen LogP contribution >= 0.6 is 0 Å². The molecule has 0 saturated carbocycles. The van der Waals surface area contributed by atoms with E-state index in [4.69, 9.17) is 9.47 Å². The van der Waals surface area contributed by atoms with Crippen molar-refractivity contribution in [2.45, 2.75) is 96.2 Å². The molecule has 0 aliphatic carbocycles. The van der Waals surface area contributed by atoms with Gasteiger partial charge in [-0.2, -0.15) is 0 Å². The Labute approximate surface area is 152 Å². The van der Waals surface area contributed by atoms with E-state index in [9.17, 15) is 5.11 Å². The minimum atomic E-state index is -0.910. The number of benzene rings is 1. The second-order valence-corrected chi connectivity index (χ2v) is 8.60. The highest BCUT2D eigenvalue weighted by molar-refractivity contribution is 5.26. The van der Waals surface area contributed by atoms with Gasteiger partial charge in [-0.3, -0.25) is 0 Å².